The van der Waals surface area contributed by atoms with E-state index in [9.17, 15) is 9.90 Å². The van der Waals surface area contributed by atoms with Gasteiger partial charge in [-0.1, -0.05) is 5.16 Å². The van der Waals surface area contributed by atoms with Crippen molar-refractivity contribution in [1.82, 2.24) is 15.5 Å². The topological polar surface area (TPSA) is 105 Å². The third kappa shape index (κ3) is 3.26. The van der Waals surface area contributed by atoms with Crippen LogP contribution in [0.4, 0.5) is 0 Å². The average molecular weight is 242 g/mol. The summed E-state index contributed by atoms with van der Waals surface area (Å²) in [6.45, 7) is 4.26. The number of aliphatic hydroxyl groups is 1. The summed E-state index contributed by atoms with van der Waals surface area (Å²) in [4.78, 5) is 13.1. The van der Waals surface area contributed by atoms with Gasteiger partial charge in [-0.25, -0.2) is 5.84 Å². The van der Waals surface area contributed by atoms with E-state index in [-0.39, 0.29) is 17.8 Å². The summed E-state index contributed by atoms with van der Waals surface area (Å²) in [6.07, 6.45) is 0. The molecule has 0 atom stereocenters. The first-order valence-electron chi connectivity index (χ1n) is 5.19. The normalized spacial score (nSPS) is 11.9. The van der Waals surface area contributed by atoms with Crippen molar-refractivity contribution in [3.63, 3.8) is 0 Å². The van der Waals surface area contributed by atoms with Gasteiger partial charge >= 0.3 is 0 Å². The van der Waals surface area contributed by atoms with E-state index in [2.05, 4.69) is 5.16 Å². The van der Waals surface area contributed by atoms with Crippen molar-refractivity contribution < 1.29 is 14.4 Å². The van der Waals surface area contributed by atoms with Crippen molar-refractivity contribution in [2.75, 3.05) is 13.7 Å². The van der Waals surface area contributed by atoms with E-state index in [4.69, 9.17) is 10.4 Å². The maximum absolute atomic E-state index is 11.2. The molecule has 0 saturated carbocycles. The second-order valence-electron chi connectivity index (χ2n) is 4.48. The Kier molecular flexibility index (Phi) is 4.22. The lowest BCUT2D eigenvalue weighted by atomic mass is 10.1. The van der Waals surface area contributed by atoms with E-state index in [0.29, 0.717) is 12.3 Å². The molecule has 0 unspecified atom stereocenters. The van der Waals surface area contributed by atoms with Gasteiger partial charge in [-0.3, -0.25) is 15.1 Å². The number of rotatable bonds is 5. The maximum atomic E-state index is 11.2. The molecule has 1 heterocycles. The molecule has 4 N–H and O–H groups in total. The van der Waals surface area contributed by atoms with Crippen molar-refractivity contribution in [2.45, 2.75) is 25.9 Å². The number of nitrogen functional groups attached to an aromatic ring is 1. The number of nitrogens with zero attached hydrogens (tertiary/aromatic N) is 2. The van der Waals surface area contributed by atoms with Crippen LogP contribution in [-0.4, -0.2) is 40.3 Å². The zero-order valence-electron chi connectivity index (χ0n) is 10.2. The van der Waals surface area contributed by atoms with E-state index in [1.165, 1.54) is 6.07 Å². The van der Waals surface area contributed by atoms with Crippen molar-refractivity contribution in [2.24, 2.45) is 5.84 Å². The number of aromatic nitrogens is 1. The highest BCUT2D eigenvalue weighted by Gasteiger charge is 2.24. The third-order valence-corrected chi connectivity index (χ3v) is 2.74. The molecule has 0 aromatic carbocycles. The minimum Gasteiger partial charge on any atom is -0.394 e. The van der Waals surface area contributed by atoms with Crippen LogP contribution in [-0.2, 0) is 6.54 Å². The minimum atomic E-state index is -0.496. The fourth-order valence-electron chi connectivity index (χ4n) is 1.14. The fourth-order valence-corrected chi connectivity index (χ4v) is 1.14. The fraction of sp³-hybridized carbons (Fsp3) is 0.600. The first-order chi connectivity index (χ1) is 7.90. The Morgan fingerprint density at radius 1 is 1.71 bits per heavy atom. The predicted octanol–water partition coefficient (Wildman–Crippen LogP) is -0.519. The van der Waals surface area contributed by atoms with Gasteiger partial charge in [0.25, 0.3) is 5.91 Å². The third-order valence-electron chi connectivity index (χ3n) is 2.74. The first kappa shape index (κ1) is 13.6. The van der Waals surface area contributed by atoms with Gasteiger partial charge in [0.15, 0.2) is 11.5 Å². The Balaban J connectivity index is 2.70. The number of hydrogen-bond donors (Lipinski definition) is 3. The van der Waals surface area contributed by atoms with E-state index >= 15 is 0 Å². The van der Waals surface area contributed by atoms with Crippen LogP contribution in [0.15, 0.2) is 10.6 Å². The second kappa shape index (κ2) is 5.26. The number of hydrazine groups is 1. The second-order valence-corrected chi connectivity index (χ2v) is 4.48. The van der Waals surface area contributed by atoms with Crippen LogP contribution in [0.25, 0.3) is 0 Å². The Bertz CT molecular complexity index is 389. The Morgan fingerprint density at radius 2 is 2.35 bits per heavy atom. The number of carbonyl (C=O) groups is 1. The molecule has 0 fully saturated rings. The summed E-state index contributed by atoms with van der Waals surface area (Å²) >= 11 is 0. The molecule has 17 heavy (non-hydrogen) atoms. The highest BCUT2D eigenvalue weighted by atomic mass is 16.5. The molecule has 7 heteroatoms. The summed E-state index contributed by atoms with van der Waals surface area (Å²) in [5, 5.41) is 12.8. The van der Waals surface area contributed by atoms with Gasteiger partial charge in [0, 0.05) is 11.6 Å². The van der Waals surface area contributed by atoms with Crippen molar-refractivity contribution in [3.05, 3.63) is 17.5 Å². The summed E-state index contributed by atoms with van der Waals surface area (Å²) in [6, 6.07) is 1.52. The van der Waals surface area contributed by atoms with Gasteiger partial charge in [0.2, 0.25) is 0 Å². The molecule has 0 aliphatic rings. The number of amides is 1. The number of nitrogens with two attached hydrogens (primary N) is 1. The van der Waals surface area contributed by atoms with Crippen molar-refractivity contribution >= 4 is 5.91 Å². The van der Waals surface area contributed by atoms with Crippen molar-refractivity contribution in [3.8, 4) is 0 Å². The number of carbonyl (C=O) groups excluding carboxylic acids is 1. The zero-order valence-corrected chi connectivity index (χ0v) is 10.2. The van der Waals surface area contributed by atoms with Crippen LogP contribution in [0.2, 0.25) is 0 Å². The minimum absolute atomic E-state index is 0.0216. The quantitative estimate of drug-likeness (QED) is 0.364. The number of aliphatic hydroxyl groups excluding tert-OH is 1. The molecule has 1 aromatic heterocycles. The molecular weight excluding hydrogens is 224 g/mol. The smallest absolute Gasteiger partial charge is 0.287 e. The number of hydrogen-bond acceptors (Lipinski definition) is 6. The van der Waals surface area contributed by atoms with Gasteiger partial charge in [-0.15, -0.1) is 0 Å². The summed E-state index contributed by atoms with van der Waals surface area (Å²) < 4.78 is 5.01. The molecule has 0 saturated heterocycles. The molecule has 0 aliphatic carbocycles. The Morgan fingerprint density at radius 3 is 2.88 bits per heavy atom. The molecule has 1 aromatic rings. The molecule has 1 amide bonds. The van der Waals surface area contributed by atoms with Gasteiger partial charge in [-0.2, -0.15) is 0 Å². The van der Waals surface area contributed by atoms with Crippen LogP contribution in [0.1, 0.15) is 30.1 Å². The standard InChI is InChI=1S/C10H18N4O3/c1-10(2,6-15)14(3)5-7-4-8(13-17-7)9(16)12-11/h4,15H,5-6,11H2,1-3H3,(H,12,16). The molecule has 0 bridgehead atoms. The lowest BCUT2D eigenvalue weighted by Gasteiger charge is -2.32. The van der Waals surface area contributed by atoms with E-state index in [0.717, 1.165) is 0 Å². The van der Waals surface area contributed by atoms with Crippen LogP contribution in [0, 0.1) is 0 Å². The molecular formula is C10H18N4O3. The van der Waals surface area contributed by atoms with Gasteiger partial charge in [-0.05, 0) is 20.9 Å². The summed E-state index contributed by atoms with van der Waals surface area (Å²) in [5.41, 5.74) is 1.74. The molecule has 0 spiro atoms. The Labute approximate surface area is 99.5 Å². The SMILES string of the molecule is CN(Cc1cc(C(=O)NN)no1)C(C)(C)CO. The maximum Gasteiger partial charge on any atom is 0.287 e. The lowest BCUT2D eigenvalue weighted by molar-refractivity contribution is 0.0665. The predicted molar refractivity (Wildman–Crippen MR) is 60.8 cm³/mol. The van der Waals surface area contributed by atoms with E-state index in [1.807, 2.05) is 31.2 Å². The highest BCUT2D eigenvalue weighted by Crippen LogP contribution is 2.15. The van der Waals surface area contributed by atoms with Crippen LogP contribution >= 0.6 is 0 Å². The monoisotopic (exact) mass is 242 g/mol. The summed E-state index contributed by atoms with van der Waals surface area (Å²) in [5.74, 6) is 5.02. The van der Waals surface area contributed by atoms with E-state index in [1.54, 1.807) is 0 Å². The van der Waals surface area contributed by atoms with Crippen LogP contribution in [0.3, 0.4) is 0 Å². The van der Waals surface area contributed by atoms with Gasteiger partial charge in [0.05, 0.1) is 13.2 Å². The molecule has 1 rings (SSSR count). The first-order valence-corrected chi connectivity index (χ1v) is 5.19. The number of likely N-dealkylation sites (N-methyl/N-ethyl adjacent to an activating group) is 1. The van der Waals surface area contributed by atoms with Crippen LogP contribution in [0.5, 0.6) is 0 Å². The average Bonchev–Trinajstić information content (AvgIpc) is 2.76. The van der Waals surface area contributed by atoms with Gasteiger partial charge < -0.3 is 9.63 Å². The summed E-state index contributed by atoms with van der Waals surface area (Å²) in [7, 11) is 1.85. The lowest BCUT2D eigenvalue weighted by Crippen LogP contribution is -2.43. The molecule has 0 aliphatic heterocycles. The highest BCUT2D eigenvalue weighted by molar-refractivity contribution is 5.91. The zero-order chi connectivity index (χ0) is 13.1. The van der Waals surface area contributed by atoms with Crippen molar-refractivity contribution in [1.29, 1.82) is 0 Å². The molecule has 7 nitrogen and oxygen atoms in total. The van der Waals surface area contributed by atoms with Gasteiger partial charge in [0.1, 0.15) is 0 Å². The van der Waals surface area contributed by atoms with Crippen LogP contribution < -0.4 is 11.3 Å². The number of nitrogens with one attached hydrogen (secondary N) is 1. The van der Waals surface area contributed by atoms with E-state index < -0.39 is 5.91 Å². The molecule has 0 radical (unpaired) electrons. The Hall–Kier alpha value is -1.44. The molecule has 96 valence electrons. The largest absolute Gasteiger partial charge is 0.394 e.